The molecule has 1 aliphatic heterocycles. The second kappa shape index (κ2) is 7.15. The summed E-state index contributed by atoms with van der Waals surface area (Å²) in [5.74, 6) is -0.421. The first-order chi connectivity index (χ1) is 12.3. The Labute approximate surface area is 147 Å². The molecule has 26 heavy (non-hydrogen) atoms. The topological polar surface area (TPSA) is 63.6 Å². The molecule has 0 fully saturated rings. The molecule has 1 N–H and O–H groups in total. The van der Waals surface area contributed by atoms with Crippen molar-refractivity contribution in [3.8, 4) is 0 Å². The SMILES string of the molecule is C[C@@H](NC(=O)C1=NOC(c2ccccc2)C1)c1ccc(C(F)(F)F)nc1. The Balaban J connectivity index is 1.60. The minimum atomic E-state index is -4.49. The maximum atomic E-state index is 12.5. The third kappa shape index (κ3) is 4.01. The van der Waals surface area contributed by atoms with Gasteiger partial charge in [0.1, 0.15) is 11.4 Å². The smallest absolute Gasteiger partial charge is 0.387 e. The van der Waals surface area contributed by atoms with E-state index in [4.69, 9.17) is 4.84 Å². The summed E-state index contributed by atoms with van der Waals surface area (Å²) >= 11 is 0. The number of amides is 1. The van der Waals surface area contributed by atoms with E-state index < -0.39 is 23.8 Å². The van der Waals surface area contributed by atoms with E-state index in [1.807, 2.05) is 30.3 Å². The van der Waals surface area contributed by atoms with Gasteiger partial charge in [0.05, 0.1) is 6.04 Å². The van der Waals surface area contributed by atoms with Crippen molar-refractivity contribution in [2.24, 2.45) is 5.16 Å². The molecule has 2 aromatic rings. The van der Waals surface area contributed by atoms with Gasteiger partial charge in [-0.05, 0) is 24.1 Å². The van der Waals surface area contributed by atoms with Crippen LogP contribution in [0.1, 0.15) is 42.3 Å². The summed E-state index contributed by atoms with van der Waals surface area (Å²) in [5, 5.41) is 6.52. The number of benzene rings is 1. The maximum Gasteiger partial charge on any atom is 0.433 e. The molecule has 1 aromatic carbocycles. The minimum Gasteiger partial charge on any atom is -0.387 e. The second-order valence-electron chi connectivity index (χ2n) is 5.92. The number of hydrogen-bond donors (Lipinski definition) is 1. The van der Waals surface area contributed by atoms with Crippen LogP contribution in [0.25, 0.3) is 0 Å². The average molecular weight is 363 g/mol. The van der Waals surface area contributed by atoms with Crippen molar-refractivity contribution in [1.29, 1.82) is 0 Å². The first-order valence-corrected chi connectivity index (χ1v) is 7.96. The fourth-order valence-corrected chi connectivity index (χ4v) is 2.55. The van der Waals surface area contributed by atoms with Gasteiger partial charge in [-0.1, -0.05) is 41.6 Å². The molecule has 0 radical (unpaired) electrons. The van der Waals surface area contributed by atoms with Gasteiger partial charge in [-0.2, -0.15) is 13.2 Å². The highest BCUT2D eigenvalue weighted by atomic mass is 19.4. The van der Waals surface area contributed by atoms with Gasteiger partial charge in [-0.3, -0.25) is 9.78 Å². The maximum absolute atomic E-state index is 12.5. The van der Waals surface area contributed by atoms with Crippen LogP contribution in [0.15, 0.2) is 53.8 Å². The molecule has 136 valence electrons. The van der Waals surface area contributed by atoms with Gasteiger partial charge < -0.3 is 10.2 Å². The molecule has 0 saturated heterocycles. The summed E-state index contributed by atoms with van der Waals surface area (Å²) in [6.07, 6.45) is -3.38. The largest absolute Gasteiger partial charge is 0.433 e. The fourth-order valence-electron chi connectivity index (χ4n) is 2.55. The molecule has 1 unspecified atom stereocenters. The third-order valence-electron chi connectivity index (χ3n) is 4.03. The van der Waals surface area contributed by atoms with E-state index in [1.165, 1.54) is 6.07 Å². The summed E-state index contributed by atoms with van der Waals surface area (Å²) < 4.78 is 37.6. The van der Waals surface area contributed by atoms with E-state index in [0.717, 1.165) is 17.8 Å². The van der Waals surface area contributed by atoms with Gasteiger partial charge in [0.25, 0.3) is 5.91 Å². The van der Waals surface area contributed by atoms with Crippen molar-refractivity contribution >= 4 is 11.6 Å². The molecule has 5 nitrogen and oxygen atoms in total. The highest BCUT2D eigenvalue weighted by Gasteiger charge is 2.32. The molecule has 0 bridgehead atoms. The van der Waals surface area contributed by atoms with Gasteiger partial charge in [0, 0.05) is 12.6 Å². The van der Waals surface area contributed by atoms with Gasteiger partial charge in [-0.15, -0.1) is 0 Å². The van der Waals surface area contributed by atoms with Crippen LogP contribution in [0.4, 0.5) is 13.2 Å². The Hall–Kier alpha value is -2.90. The number of nitrogens with zero attached hydrogens (tertiary/aromatic N) is 2. The highest BCUT2D eigenvalue weighted by Crippen LogP contribution is 2.29. The van der Waals surface area contributed by atoms with E-state index >= 15 is 0 Å². The molecule has 0 aliphatic carbocycles. The molecular weight excluding hydrogens is 347 g/mol. The Kier molecular flexibility index (Phi) is 4.92. The van der Waals surface area contributed by atoms with Gasteiger partial charge in [-0.25, -0.2) is 0 Å². The molecule has 2 atom stereocenters. The minimum absolute atomic E-state index is 0.241. The van der Waals surface area contributed by atoms with E-state index in [1.54, 1.807) is 6.92 Å². The van der Waals surface area contributed by atoms with Crippen LogP contribution in [-0.2, 0) is 15.8 Å². The van der Waals surface area contributed by atoms with Crippen LogP contribution in [0.2, 0.25) is 0 Å². The fraction of sp³-hybridized carbons (Fsp3) is 0.278. The van der Waals surface area contributed by atoms with Gasteiger partial charge >= 0.3 is 6.18 Å². The predicted molar refractivity (Wildman–Crippen MR) is 88.1 cm³/mol. The number of nitrogens with one attached hydrogen (secondary N) is 1. The molecule has 2 heterocycles. The third-order valence-corrected chi connectivity index (χ3v) is 4.03. The van der Waals surface area contributed by atoms with Crippen molar-refractivity contribution in [3.63, 3.8) is 0 Å². The Morgan fingerprint density at radius 1 is 1.23 bits per heavy atom. The molecule has 0 saturated carbocycles. The molecular formula is C18H16F3N3O2. The predicted octanol–water partition coefficient (Wildman–Crippen LogP) is 3.80. The monoisotopic (exact) mass is 363 g/mol. The number of hydrogen-bond acceptors (Lipinski definition) is 4. The van der Waals surface area contributed by atoms with Crippen molar-refractivity contribution in [1.82, 2.24) is 10.3 Å². The lowest BCUT2D eigenvalue weighted by Gasteiger charge is -2.14. The van der Waals surface area contributed by atoms with Crippen molar-refractivity contribution in [2.75, 3.05) is 0 Å². The lowest BCUT2D eigenvalue weighted by Crippen LogP contribution is -2.32. The summed E-state index contributed by atoms with van der Waals surface area (Å²) in [4.78, 5) is 21.0. The molecule has 3 rings (SSSR count). The van der Waals surface area contributed by atoms with E-state index in [-0.39, 0.29) is 11.8 Å². The summed E-state index contributed by atoms with van der Waals surface area (Å²) in [7, 11) is 0. The van der Waals surface area contributed by atoms with Crippen LogP contribution >= 0.6 is 0 Å². The molecule has 1 aromatic heterocycles. The van der Waals surface area contributed by atoms with Crippen molar-refractivity contribution < 1.29 is 22.8 Å². The van der Waals surface area contributed by atoms with Crippen LogP contribution < -0.4 is 5.32 Å². The lowest BCUT2D eigenvalue weighted by atomic mass is 10.0. The van der Waals surface area contributed by atoms with Crippen molar-refractivity contribution in [3.05, 3.63) is 65.5 Å². The van der Waals surface area contributed by atoms with E-state index in [2.05, 4.69) is 15.5 Å². The number of halogens is 3. The quantitative estimate of drug-likeness (QED) is 0.899. The second-order valence-corrected chi connectivity index (χ2v) is 5.92. The molecule has 1 aliphatic rings. The number of pyridine rings is 1. The Morgan fingerprint density at radius 3 is 2.58 bits per heavy atom. The zero-order valence-corrected chi connectivity index (χ0v) is 13.8. The molecule has 0 spiro atoms. The number of carbonyl (C=O) groups excluding carboxylic acids is 1. The van der Waals surface area contributed by atoms with Gasteiger partial charge in [0.2, 0.25) is 0 Å². The lowest BCUT2D eigenvalue weighted by molar-refractivity contribution is -0.141. The molecule has 1 amide bonds. The normalized spacial score (nSPS) is 18.0. The van der Waals surface area contributed by atoms with Crippen LogP contribution in [0.3, 0.4) is 0 Å². The molecule has 8 heteroatoms. The first kappa shape index (κ1) is 17.9. The summed E-state index contributed by atoms with van der Waals surface area (Å²) in [6, 6.07) is 11.1. The van der Waals surface area contributed by atoms with E-state index in [0.29, 0.717) is 12.0 Å². The van der Waals surface area contributed by atoms with Crippen molar-refractivity contribution in [2.45, 2.75) is 31.7 Å². The standard InChI is InChI=1S/C18H16F3N3O2/c1-11(13-7-8-16(22-10-13)18(19,20)21)23-17(25)14-9-15(26-24-14)12-5-3-2-4-6-12/h2-8,10-11,15H,9H2,1H3,(H,23,25)/t11-,15?/m1/s1. The Morgan fingerprint density at radius 2 is 1.96 bits per heavy atom. The number of rotatable bonds is 4. The average Bonchev–Trinajstić information content (AvgIpc) is 3.12. The zero-order chi connectivity index (χ0) is 18.7. The Bertz CT molecular complexity index is 805. The van der Waals surface area contributed by atoms with Gasteiger partial charge in [0.15, 0.2) is 6.10 Å². The number of aromatic nitrogens is 1. The highest BCUT2D eigenvalue weighted by molar-refractivity contribution is 6.39. The van der Waals surface area contributed by atoms with Crippen LogP contribution in [0, 0.1) is 0 Å². The number of carbonyl (C=O) groups is 1. The summed E-state index contributed by atoms with van der Waals surface area (Å²) in [6.45, 7) is 1.66. The number of alkyl halides is 3. The first-order valence-electron chi connectivity index (χ1n) is 7.96. The number of oxime groups is 1. The zero-order valence-electron chi connectivity index (χ0n) is 13.8. The van der Waals surface area contributed by atoms with E-state index in [9.17, 15) is 18.0 Å². The van der Waals surface area contributed by atoms with Crippen LogP contribution in [-0.4, -0.2) is 16.6 Å². The van der Waals surface area contributed by atoms with Crippen LogP contribution in [0.5, 0.6) is 0 Å². The summed E-state index contributed by atoms with van der Waals surface area (Å²) in [5.41, 5.74) is 0.647.